The van der Waals surface area contributed by atoms with Crippen molar-refractivity contribution in [3.63, 3.8) is 0 Å². The Labute approximate surface area is 247 Å². The van der Waals surface area contributed by atoms with E-state index in [4.69, 9.17) is 13.1 Å². The molecule has 3 aromatic carbocycles. The van der Waals surface area contributed by atoms with Gasteiger partial charge in [-0.05, 0) is 82.3 Å². The standard InChI is InChI=1S/C31H36O9S2/c1-4-38-29(32)27-7-5-6-8-28(27)31(33)19-17-30(18-20-31,21-39-41(34,35)25-13-9-23(2)10-14-25)22-40-42(36,37)26-15-11-24(3)12-16-26/h5-16,33H,4,17-22H2,1-3H3. The van der Waals surface area contributed by atoms with Crippen molar-refractivity contribution in [2.24, 2.45) is 5.41 Å². The third-order valence-corrected chi connectivity index (χ3v) is 10.3. The average Bonchev–Trinajstić information content (AvgIpc) is 2.97. The largest absolute Gasteiger partial charge is 0.462 e. The molecule has 3 aromatic rings. The summed E-state index contributed by atoms with van der Waals surface area (Å²) in [5, 5.41) is 11.7. The third-order valence-electron chi connectivity index (χ3n) is 7.72. The number of carbonyl (C=O) groups is 1. The van der Waals surface area contributed by atoms with Gasteiger partial charge in [-0.1, -0.05) is 53.6 Å². The van der Waals surface area contributed by atoms with E-state index in [0.717, 1.165) is 11.1 Å². The number of ether oxygens (including phenoxy) is 1. The highest BCUT2D eigenvalue weighted by atomic mass is 32.2. The van der Waals surface area contributed by atoms with Gasteiger partial charge in [-0.2, -0.15) is 16.8 Å². The Morgan fingerprint density at radius 1 is 0.738 bits per heavy atom. The van der Waals surface area contributed by atoms with E-state index in [1.807, 2.05) is 13.8 Å². The summed E-state index contributed by atoms with van der Waals surface area (Å²) in [5.41, 5.74) is -0.0899. The Morgan fingerprint density at radius 3 is 1.64 bits per heavy atom. The minimum Gasteiger partial charge on any atom is -0.462 e. The average molecular weight is 617 g/mol. The maximum Gasteiger partial charge on any atom is 0.338 e. The Morgan fingerprint density at radius 2 is 1.19 bits per heavy atom. The van der Waals surface area contributed by atoms with E-state index in [1.165, 1.54) is 24.3 Å². The summed E-state index contributed by atoms with van der Waals surface area (Å²) in [6.45, 7) is 4.82. The second-order valence-corrected chi connectivity index (χ2v) is 14.1. The minimum atomic E-state index is -4.16. The van der Waals surface area contributed by atoms with E-state index in [2.05, 4.69) is 0 Å². The molecule has 0 amide bonds. The van der Waals surface area contributed by atoms with Gasteiger partial charge in [0.25, 0.3) is 20.2 Å². The fourth-order valence-corrected chi connectivity index (χ4v) is 7.04. The SMILES string of the molecule is CCOC(=O)c1ccccc1C1(O)CCC(COS(=O)(=O)c2ccc(C)cc2)(COS(=O)(=O)c2ccc(C)cc2)CC1. The molecule has 0 bridgehead atoms. The molecule has 226 valence electrons. The van der Waals surface area contributed by atoms with Gasteiger partial charge in [-0.15, -0.1) is 0 Å². The summed E-state index contributed by atoms with van der Waals surface area (Å²) in [4.78, 5) is 12.6. The monoisotopic (exact) mass is 616 g/mol. The van der Waals surface area contributed by atoms with Gasteiger partial charge < -0.3 is 9.84 Å². The van der Waals surface area contributed by atoms with Crippen molar-refractivity contribution in [3.8, 4) is 0 Å². The molecule has 42 heavy (non-hydrogen) atoms. The molecule has 1 fully saturated rings. The summed E-state index contributed by atoms with van der Waals surface area (Å²) in [7, 11) is -8.32. The van der Waals surface area contributed by atoms with Gasteiger partial charge in [-0.25, -0.2) is 4.79 Å². The summed E-state index contributed by atoms with van der Waals surface area (Å²) < 4.78 is 68.3. The quantitative estimate of drug-likeness (QED) is 0.232. The van der Waals surface area contributed by atoms with Crippen molar-refractivity contribution in [2.45, 2.75) is 61.8 Å². The van der Waals surface area contributed by atoms with Gasteiger partial charge in [0.15, 0.2) is 0 Å². The van der Waals surface area contributed by atoms with Crippen LogP contribution in [-0.4, -0.2) is 47.7 Å². The van der Waals surface area contributed by atoms with Crippen LogP contribution in [0.3, 0.4) is 0 Å². The molecule has 0 unspecified atom stereocenters. The normalized spacial score (nSPS) is 16.6. The van der Waals surface area contributed by atoms with Crippen molar-refractivity contribution >= 4 is 26.2 Å². The number of aryl methyl sites for hydroxylation is 2. The zero-order valence-electron chi connectivity index (χ0n) is 23.9. The number of benzene rings is 3. The highest BCUT2D eigenvalue weighted by molar-refractivity contribution is 7.87. The Hall–Kier alpha value is -3.09. The summed E-state index contributed by atoms with van der Waals surface area (Å²) in [6, 6.07) is 19.1. The highest BCUT2D eigenvalue weighted by Gasteiger charge is 2.46. The van der Waals surface area contributed by atoms with Crippen molar-refractivity contribution in [1.29, 1.82) is 0 Å². The van der Waals surface area contributed by atoms with E-state index in [1.54, 1.807) is 55.5 Å². The number of hydrogen-bond donors (Lipinski definition) is 1. The smallest absolute Gasteiger partial charge is 0.338 e. The molecule has 1 N–H and O–H groups in total. The lowest BCUT2D eigenvalue weighted by Gasteiger charge is -2.44. The predicted octanol–water partition coefficient (Wildman–Crippen LogP) is 5.04. The van der Waals surface area contributed by atoms with Crippen molar-refractivity contribution in [2.75, 3.05) is 19.8 Å². The maximum absolute atomic E-state index is 13.0. The Kier molecular flexibility index (Phi) is 9.58. The molecule has 0 saturated heterocycles. The van der Waals surface area contributed by atoms with E-state index >= 15 is 0 Å². The van der Waals surface area contributed by atoms with Gasteiger partial charge in [0, 0.05) is 5.41 Å². The van der Waals surface area contributed by atoms with Gasteiger partial charge in [0.2, 0.25) is 0 Å². The number of carbonyl (C=O) groups excluding carboxylic acids is 1. The van der Waals surface area contributed by atoms with Crippen LogP contribution < -0.4 is 0 Å². The number of esters is 1. The highest BCUT2D eigenvalue weighted by Crippen LogP contribution is 2.47. The van der Waals surface area contributed by atoms with Gasteiger partial charge >= 0.3 is 5.97 Å². The minimum absolute atomic E-state index is 0.0212. The molecule has 1 aliphatic rings. The van der Waals surface area contributed by atoms with Gasteiger partial charge in [-0.3, -0.25) is 8.37 Å². The van der Waals surface area contributed by atoms with E-state index in [0.29, 0.717) is 5.56 Å². The lowest BCUT2D eigenvalue weighted by molar-refractivity contribution is -0.0628. The molecule has 4 rings (SSSR count). The van der Waals surface area contributed by atoms with Crippen molar-refractivity contribution in [3.05, 3.63) is 95.1 Å². The summed E-state index contributed by atoms with van der Waals surface area (Å²) >= 11 is 0. The molecule has 0 atom stereocenters. The lowest BCUT2D eigenvalue weighted by Crippen LogP contribution is -2.43. The van der Waals surface area contributed by atoms with Crippen LogP contribution in [0.5, 0.6) is 0 Å². The molecule has 0 aromatic heterocycles. The van der Waals surface area contributed by atoms with E-state index < -0.39 is 37.2 Å². The van der Waals surface area contributed by atoms with E-state index in [-0.39, 0.29) is 60.9 Å². The first-order chi connectivity index (χ1) is 19.8. The van der Waals surface area contributed by atoms with Crippen LogP contribution in [0.2, 0.25) is 0 Å². The molecule has 0 spiro atoms. The molecular weight excluding hydrogens is 580 g/mol. The molecule has 0 radical (unpaired) electrons. The Balaban J connectivity index is 1.60. The van der Waals surface area contributed by atoms with Crippen LogP contribution in [0, 0.1) is 19.3 Å². The van der Waals surface area contributed by atoms with Crippen LogP contribution in [0.1, 0.15) is 59.7 Å². The van der Waals surface area contributed by atoms with Crippen LogP contribution in [0.25, 0.3) is 0 Å². The molecule has 9 nitrogen and oxygen atoms in total. The zero-order valence-corrected chi connectivity index (χ0v) is 25.5. The molecule has 1 saturated carbocycles. The molecular formula is C31H36O9S2. The van der Waals surface area contributed by atoms with Crippen LogP contribution in [0.15, 0.2) is 82.6 Å². The number of aliphatic hydroxyl groups is 1. The first kappa shape index (κ1) is 31.8. The third kappa shape index (κ3) is 7.27. The Bertz CT molecular complexity index is 1520. The molecule has 0 aliphatic heterocycles. The topological polar surface area (TPSA) is 133 Å². The number of hydrogen-bond acceptors (Lipinski definition) is 9. The van der Waals surface area contributed by atoms with Crippen molar-refractivity contribution in [1.82, 2.24) is 0 Å². The first-order valence-corrected chi connectivity index (χ1v) is 16.5. The molecule has 1 aliphatic carbocycles. The summed E-state index contributed by atoms with van der Waals surface area (Å²) in [6.07, 6.45) is 0.525. The maximum atomic E-state index is 13.0. The predicted molar refractivity (Wildman–Crippen MR) is 156 cm³/mol. The zero-order chi connectivity index (χ0) is 30.6. The number of rotatable bonds is 11. The van der Waals surface area contributed by atoms with Crippen LogP contribution >= 0.6 is 0 Å². The lowest BCUT2D eigenvalue weighted by atomic mass is 9.67. The van der Waals surface area contributed by atoms with Crippen molar-refractivity contribution < 1.29 is 39.8 Å². The van der Waals surface area contributed by atoms with Crippen LogP contribution in [0.4, 0.5) is 0 Å². The second-order valence-electron chi connectivity index (χ2n) is 10.9. The molecule has 11 heteroatoms. The van der Waals surface area contributed by atoms with Crippen LogP contribution in [-0.2, 0) is 38.9 Å². The first-order valence-electron chi connectivity index (χ1n) is 13.7. The van der Waals surface area contributed by atoms with E-state index in [9.17, 15) is 26.7 Å². The second kappa shape index (κ2) is 12.6. The fraction of sp³-hybridized carbons (Fsp3) is 0.387. The van der Waals surface area contributed by atoms with Gasteiger partial charge in [0.05, 0.1) is 40.8 Å². The molecule has 0 heterocycles. The fourth-order valence-electron chi connectivity index (χ4n) is 5.02. The van der Waals surface area contributed by atoms with Gasteiger partial charge in [0.1, 0.15) is 0 Å². The summed E-state index contributed by atoms with van der Waals surface area (Å²) in [5.74, 6) is -0.557.